The van der Waals surface area contributed by atoms with Gasteiger partial charge in [0.05, 0.1) is 10.6 Å². The van der Waals surface area contributed by atoms with Gasteiger partial charge in [-0.3, -0.25) is 4.79 Å². The summed E-state index contributed by atoms with van der Waals surface area (Å²) in [5, 5.41) is 6.97. The van der Waals surface area contributed by atoms with Gasteiger partial charge in [0.2, 0.25) is 11.9 Å². The van der Waals surface area contributed by atoms with E-state index < -0.39 is 5.91 Å². The molecule has 0 aliphatic carbocycles. The van der Waals surface area contributed by atoms with Crippen LogP contribution in [0.1, 0.15) is 23.1 Å². The fourth-order valence-electron chi connectivity index (χ4n) is 2.05. The predicted octanol–water partition coefficient (Wildman–Crippen LogP) is 2.17. The summed E-state index contributed by atoms with van der Waals surface area (Å²) in [6, 6.07) is 4.68. The molecule has 0 radical (unpaired) electrons. The van der Waals surface area contributed by atoms with Crippen LogP contribution in [0.3, 0.4) is 0 Å². The molecule has 0 spiro atoms. The Morgan fingerprint density at radius 3 is 2.76 bits per heavy atom. The van der Waals surface area contributed by atoms with Crippen LogP contribution in [-0.2, 0) is 6.42 Å². The molecule has 0 aliphatic heterocycles. The van der Waals surface area contributed by atoms with E-state index in [1.54, 1.807) is 12.1 Å². The zero-order valence-electron chi connectivity index (χ0n) is 13.2. The number of nitrogens with zero attached hydrogens (tertiary/aromatic N) is 4. The van der Waals surface area contributed by atoms with Crippen molar-refractivity contribution in [3.8, 4) is 11.5 Å². The molecule has 0 fully saturated rings. The first-order valence-electron chi connectivity index (χ1n) is 7.29. The molecule has 2 aromatic heterocycles. The number of aryl methyl sites for hydroxylation is 1. The number of rotatable bonds is 5. The van der Waals surface area contributed by atoms with Crippen LogP contribution in [0.4, 0.5) is 17.5 Å². The number of amides is 1. The summed E-state index contributed by atoms with van der Waals surface area (Å²) < 4.78 is 5.13. The van der Waals surface area contributed by atoms with Gasteiger partial charge in [0, 0.05) is 18.3 Å². The molecular formula is C15H14ClN7O2. The minimum atomic E-state index is -0.604. The van der Waals surface area contributed by atoms with Gasteiger partial charge in [0.25, 0.3) is 5.89 Å². The maximum Gasteiger partial charge on any atom is 0.263 e. The molecule has 0 saturated carbocycles. The van der Waals surface area contributed by atoms with Gasteiger partial charge in [-0.05, 0) is 18.2 Å². The number of hydrogen-bond donors (Lipinski definition) is 3. The number of aromatic nitrogens is 4. The Morgan fingerprint density at radius 1 is 1.36 bits per heavy atom. The molecule has 1 amide bonds. The van der Waals surface area contributed by atoms with Crippen molar-refractivity contribution >= 4 is 35.0 Å². The normalized spacial score (nSPS) is 10.6. The lowest BCUT2D eigenvalue weighted by Gasteiger charge is -2.08. The number of nitrogens with one attached hydrogen (secondary N) is 1. The number of primary amides is 1. The molecule has 3 aromatic rings. The average Bonchev–Trinajstić information content (AvgIpc) is 3.03. The summed E-state index contributed by atoms with van der Waals surface area (Å²) in [6.07, 6.45) is 2.13. The number of carbonyl (C=O) groups is 1. The Hall–Kier alpha value is -3.20. The average molecular weight is 360 g/mol. The highest BCUT2D eigenvalue weighted by Crippen LogP contribution is 2.25. The minimum absolute atomic E-state index is 0.184. The lowest BCUT2D eigenvalue weighted by Crippen LogP contribution is -2.11. The third-order valence-electron chi connectivity index (χ3n) is 3.32. The molecule has 0 atom stereocenters. The fraction of sp³-hybridized carbons (Fsp3) is 0.133. The number of anilines is 3. The van der Waals surface area contributed by atoms with E-state index in [9.17, 15) is 4.79 Å². The van der Waals surface area contributed by atoms with Gasteiger partial charge in [-0.25, -0.2) is 4.98 Å². The second kappa shape index (κ2) is 6.73. The Morgan fingerprint density at radius 2 is 2.16 bits per heavy atom. The molecule has 0 saturated heterocycles. The lowest BCUT2D eigenvalue weighted by molar-refractivity contribution is 0.100. The van der Waals surface area contributed by atoms with Gasteiger partial charge in [-0.1, -0.05) is 23.7 Å². The van der Waals surface area contributed by atoms with Crippen molar-refractivity contribution in [2.75, 3.05) is 11.1 Å². The van der Waals surface area contributed by atoms with Crippen LogP contribution < -0.4 is 16.8 Å². The summed E-state index contributed by atoms with van der Waals surface area (Å²) in [6.45, 7) is 1.91. The molecule has 0 bridgehead atoms. The van der Waals surface area contributed by atoms with Crippen molar-refractivity contribution in [1.29, 1.82) is 0 Å². The molecule has 3 rings (SSSR count). The third-order valence-corrected chi connectivity index (χ3v) is 3.64. The number of carbonyl (C=O) groups excluding carboxylic acids is 1. The first-order valence-corrected chi connectivity index (χ1v) is 7.67. The molecule has 9 nitrogen and oxygen atoms in total. The first-order chi connectivity index (χ1) is 12.0. The number of hydrogen-bond acceptors (Lipinski definition) is 8. The molecule has 128 valence electrons. The molecule has 1 aromatic carbocycles. The fourth-order valence-corrected chi connectivity index (χ4v) is 2.32. The Kier molecular flexibility index (Phi) is 4.48. The van der Waals surface area contributed by atoms with E-state index >= 15 is 0 Å². The number of nitrogen functional groups attached to an aromatic ring is 1. The van der Waals surface area contributed by atoms with E-state index in [1.165, 1.54) is 12.3 Å². The van der Waals surface area contributed by atoms with E-state index in [-0.39, 0.29) is 28.2 Å². The van der Waals surface area contributed by atoms with Gasteiger partial charge in [-0.2, -0.15) is 9.97 Å². The zero-order chi connectivity index (χ0) is 18.0. The van der Waals surface area contributed by atoms with Crippen LogP contribution in [0.5, 0.6) is 0 Å². The van der Waals surface area contributed by atoms with E-state index in [0.717, 1.165) is 0 Å². The van der Waals surface area contributed by atoms with Crippen molar-refractivity contribution in [3.05, 3.63) is 40.8 Å². The highest BCUT2D eigenvalue weighted by molar-refractivity contribution is 6.34. The summed E-state index contributed by atoms with van der Waals surface area (Å²) in [5.41, 5.74) is 12.4. The number of nitrogens with two attached hydrogens (primary N) is 2. The van der Waals surface area contributed by atoms with Gasteiger partial charge in [-0.15, -0.1) is 0 Å². The maximum absolute atomic E-state index is 11.2. The number of halogens is 1. The quantitative estimate of drug-likeness (QED) is 0.628. The largest absolute Gasteiger partial charge is 0.383 e. The highest BCUT2D eigenvalue weighted by Gasteiger charge is 2.14. The molecule has 2 heterocycles. The van der Waals surface area contributed by atoms with Crippen LogP contribution in [0.15, 0.2) is 28.9 Å². The standard InChI is InChI=1S/C15H14ClN7O2/c1-2-11-21-14(25-23-11)9-6-19-15(22-12(9)17)20-7-3-4-8(13(18)24)10(16)5-7/h3-6H,2H2,1H3,(H2,18,24)(H3,17,19,20,22). The van der Waals surface area contributed by atoms with E-state index in [0.29, 0.717) is 23.5 Å². The van der Waals surface area contributed by atoms with Crippen molar-refractivity contribution < 1.29 is 9.32 Å². The summed E-state index contributed by atoms with van der Waals surface area (Å²) >= 11 is 6.01. The van der Waals surface area contributed by atoms with Crippen molar-refractivity contribution in [1.82, 2.24) is 20.1 Å². The molecular weight excluding hydrogens is 346 g/mol. The van der Waals surface area contributed by atoms with Crippen LogP contribution in [0.25, 0.3) is 11.5 Å². The van der Waals surface area contributed by atoms with Crippen molar-refractivity contribution in [3.63, 3.8) is 0 Å². The Labute approximate surface area is 147 Å². The second-order valence-electron chi connectivity index (χ2n) is 5.05. The van der Waals surface area contributed by atoms with E-state index in [4.69, 9.17) is 27.6 Å². The minimum Gasteiger partial charge on any atom is -0.383 e. The topological polar surface area (TPSA) is 146 Å². The molecule has 25 heavy (non-hydrogen) atoms. The molecule has 0 unspecified atom stereocenters. The summed E-state index contributed by atoms with van der Waals surface area (Å²) in [4.78, 5) is 23.7. The van der Waals surface area contributed by atoms with Crippen LogP contribution >= 0.6 is 11.6 Å². The SMILES string of the molecule is CCc1noc(-c2cnc(Nc3ccc(C(N)=O)c(Cl)c3)nc2N)n1. The summed E-state index contributed by atoms with van der Waals surface area (Å²) in [5.74, 6) is 0.658. The van der Waals surface area contributed by atoms with Crippen molar-refractivity contribution in [2.45, 2.75) is 13.3 Å². The van der Waals surface area contributed by atoms with Gasteiger partial charge < -0.3 is 21.3 Å². The van der Waals surface area contributed by atoms with Crippen molar-refractivity contribution in [2.24, 2.45) is 5.73 Å². The van der Waals surface area contributed by atoms with Crippen LogP contribution in [0, 0.1) is 0 Å². The van der Waals surface area contributed by atoms with Gasteiger partial charge in [0.1, 0.15) is 11.4 Å². The summed E-state index contributed by atoms with van der Waals surface area (Å²) in [7, 11) is 0. The molecule has 5 N–H and O–H groups in total. The predicted molar refractivity (Wildman–Crippen MR) is 92.4 cm³/mol. The lowest BCUT2D eigenvalue weighted by atomic mass is 10.2. The van der Waals surface area contributed by atoms with E-state index in [2.05, 4.69) is 25.4 Å². The second-order valence-corrected chi connectivity index (χ2v) is 5.45. The van der Waals surface area contributed by atoms with Gasteiger partial charge in [0.15, 0.2) is 5.82 Å². The monoisotopic (exact) mass is 359 g/mol. The Bertz CT molecular complexity index is 941. The molecule has 0 aliphatic rings. The zero-order valence-corrected chi connectivity index (χ0v) is 13.9. The third kappa shape index (κ3) is 3.50. The highest BCUT2D eigenvalue weighted by atomic mass is 35.5. The van der Waals surface area contributed by atoms with Crippen LogP contribution in [-0.4, -0.2) is 26.0 Å². The Balaban J connectivity index is 1.83. The molecule has 10 heteroatoms. The van der Waals surface area contributed by atoms with E-state index in [1.807, 2.05) is 6.92 Å². The van der Waals surface area contributed by atoms with Gasteiger partial charge >= 0.3 is 0 Å². The number of benzene rings is 1. The smallest absolute Gasteiger partial charge is 0.263 e. The maximum atomic E-state index is 11.2. The first kappa shape index (κ1) is 16.7. The van der Waals surface area contributed by atoms with Crippen LogP contribution in [0.2, 0.25) is 5.02 Å².